The second-order valence-corrected chi connectivity index (χ2v) is 6.55. The summed E-state index contributed by atoms with van der Waals surface area (Å²) >= 11 is 2.05. The minimum atomic E-state index is 0.460. The van der Waals surface area contributed by atoms with E-state index in [2.05, 4.69) is 22.9 Å². The van der Waals surface area contributed by atoms with Crippen LogP contribution in [0.2, 0.25) is 0 Å². The molecule has 3 heteroatoms. The van der Waals surface area contributed by atoms with E-state index in [4.69, 9.17) is 5.41 Å². The monoisotopic (exact) mass is 240 g/mol. The van der Waals surface area contributed by atoms with E-state index in [0.717, 1.165) is 25.3 Å². The van der Waals surface area contributed by atoms with Gasteiger partial charge in [-0.3, -0.25) is 5.41 Å². The van der Waals surface area contributed by atoms with E-state index >= 15 is 0 Å². The van der Waals surface area contributed by atoms with Crippen LogP contribution in [0.5, 0.6) is 0 Å². The van der Waals surface area contributed by atoms with Gasteiger partial charge in [-0.25, -0.2) is 0 Å². The first-order valence-electron chi connectivity index (χ1n) is 6.63. The summed E-state index contributed by atoms with van der Waals surface area (Å²) < 4.78 is 0.460. The lowest BCUT2D eigenvalue weighted by Gasteiger charge is -2.42. The van der Waals surface area contributed by atoms with E-state index < -0.39 is 0 Å². The summed E-state index contributed by atoms with van der Waals surface area (Å²) in [6.45, 7) is 2.26. The van der Waals surface area contributed by atoms with Crippen LogP contribution >= 0.6 is 11.8 Å². The van der Waals surface area contributed by atoms with Crippen molar-refractivity contribution in [3.8, 4) is 0 Å². The average Bonchev–Trinajstić information content (AvgIpc) is 2.33. The molecule has 0 bridgehead atoms. The lowest BCUT2D eigenvalue weighted by atomic mass is 9.87. The number of hydrogen-bond donors (Lipinski definition) is 1. The third kappa shape index (κ3) is 2.73. The van der Waals surface area contributed by atoms with Crippen molar-refractivity contribution >= 4 is 17.6 Å². The van der Waals surface area contributed by atoms with E-state index in [0.29, 0.717) is 4.75 Å². The second kappa shape index (κ2) is 5.44. The molecule has 2 rings (SSSR count). The summed E-state index contributed by atoms with van der Waals surface area (Å²) in [6, 6.07) is 0. The summed E-state index contributed by atoms with van der Waals surface area (Å²) in [5.41, 5.74) is 0. The number of thioether (sulfide) groups is 1. The van der Waals surface area contributed by atoms with Crippen LogP contribution in [0.1, 0.15) is 51.4 Å². The van der Waals surface area contributed by atoms with Gasteiger partial charge in [0.1, 0.15) is 0 Å². The number of nitrogens with zero attached hydrogens (tertiary/aromatic N) is 1. The summed E-state index contributed by atoms with van der Waals surface area (Å²) in [6.07, 6.45) is 12.7. The summed E-state index contributed by atoms with van der Waals surface area (Å²) in [5.74, 6) is 0.894. The molecule has 0 spiro atoms. The Bertz CT molecular complexity index is 246. The summed E-state index contributed by atoms with van der Waals surface area (Å²) in [4.78, 5) is 2.35. The van der Waals surface area contributed by atoms with Crippen molar-refractivity contribution in [2.75, 3.05) is 19.3 Å². The molecule has 1 aliphatic heterocycles. The molecule has 1 N–H and O–H groups in total. The molecule has 2 fully saturated rings. The fourth-order valence-electron chi connectivity index (χ4n) is 3.03. The number of hydrogen-bond acceptors (Lipinski definition) is 2. The van der Waals surface area contributed by atoms with Crippen LogP contribution in [0.25, 0.3) is 0 Å². The highest BCUT2D eigenvalue weighted by Crippen LogP contribution is 2.39. The van der Waals surface area contributed by atoms with Gasteiger partial charge in [0.05, 0.1) is 5.84 Å². The molecule has 0 amide bonds. The number of piperidine rings is 1. The topological polar surface area (TPSA) is 27.1 Å². The van der Waals surface area contributed by atoms with Gasteiger partial charge in [0, 0.05) is 24.3 Å². The van der Waals surface area contributed by atoms with Crippen molar-refractivity contribution < 1.29 is 0 Å². The van der Waals surface area contributed by atoms with Crippen LogP contribution in [-0.4, -0.2) is 34.8 Å². The molecule has 2 aliphatic rings. The van der Waals surface area contributed by atoms with Crippen molar-refractivity contribution in [1.29, 1.82) is 5.41 Å². The lowest BCUT2D eigenvalue weighted by Crippen LogP contribution is -2.46. The normalized spacial score (nSPS) is 25.8. The van der Waals surface area contributed by atoms with Gasteiger partial charge in [-0.1, -0.05) is 19.3 Å². The molecule has 1 aliphatic carbocycles. The standard InChI is InChI=1S/C13H24N2S/c1-16-13(8-4-2-5-9-13)11-15-10-6-3-7-12(15)14/h14H,2-11H2,1H3. The third-order valence-corrected chi connectivity index (χ3v) is 5.55. The highest BCUT2D eigenvalue weighted by Gasteiger charge is 2.34. The van der Waals surface area contributed by atoms with E-state index in [1.54, 1.807) is 0 Å². The van der Waals surface area contributed by atoms with Crippen LogP contribution in [0.15, 0.2) is 0 Å². The van der Waals surface area contributed by atoms with E-state index in [1.807, 2.05) is 0 Å². The Kier molecular flexibility index (Phi) is 4.17. The van der Waals surface area contributed by atoms with Gasteiger partial charge in [-0.05, 0) is 31.9 Å². The molecule has 92 valence electrons. The molecule has 0 aromatic rings. The summed E-state index contributed by atoms with van der Waals surface area (Å²) in [5, 5.41) is 8.04. The quantitative estimate of drug-likeness (QED) is 0.817. The Morgan fingerprint density at radius 3 is 2.56 bits per heavy atom. The Balaban J connectivity index is 1.96. The molecule has 0 atom stereocenters. The third-order valence-electron chi connectivity index (χ3n) is 4.15. The lowest BCUT2D eigenvalue weighted by molar-refractivity contribution is 0.283. The van der Waals surface area contributed by atoms with Gasteiger partial charge in [0.2, 0.25) is 0 Å². The van der Waals surface area contributed by atoms with Crippen molar-refractivity contribution in [2.24, 2.45) is 0 Å². The van der Waals surface area contributed by atoms with Crippen LogP contribution in [0.3, 0.4) is 0 Å². The Morgan fingerprint density at radius 2 is 1.94 bits per heavy atom. The molecule has 0 unspecified atom stereocenters. The van der Waals surface area contributed by atoms with Crippen molar-refractivity contribution in [1.82, 2.24) is 4.90 Å². The van der Waals surface area contributed by atoms with E-state index in [1.165, 1.54) is 44.9 Å². The van der Waals surface area contributed by atoms with Crippen molar-refractivity contribution in [3.63, 3.8) is 0 Å². The number of amidine groups is 1. The van der Waals surface area contributed by atoms with Crippen LogP contribution in [-0.2, 0) is 0 Å². The molecule has 1 heterocycles. The largest absolute Gasteiger partial charge is 0.359 e. The van der Waals surface area contributed by atoms with Crippen molar-refractivity contribution in [3.05, 3.63) is 0 Å². The molecule has 2 nitrogen and oxygen atoms in total. The number of nitrogens with one attached hydrogen (secondary N) is 1. The second-order valence-electron chi connectivity index (χ2n) is 5.27. The van der Waals surface area contributed by atoms with Gasteiger partial charge in [0.25, 0.3) is 0 Å². The highest BCUT2D eigenvalue weighted by atomic mass is 32.2. The van der Waals surface area contributed by atoms with Crippen molar-refractivity contribution in [2.45, 2.75) is 56.1 Å². The van der Waals surface area contributed by atoms with Gasteiger partial charge in [-0.15, -0.1) is 0 Å². The first-order chi connectivity index (χ1) is 7.76. The average molecular weight is 240 g/mol. The van der Waals surface area contributed by atoms with Gasteiger partial charge < -0.3 is 4.90 Å². The maximum Gasteiger partial charge on any atom is 0.0958 e. The zero-order chi connectivity index (χ0) is 11.4. The first kappa shape index (κ1) is 12.3. The predicted octanol–water partition coefficient (Wildman–Crippen LogP) is 3.52. The van der Waals surface area contributed by atoms with Gasteiger partial charge in [0.15, 0.2) is 0 Å². The smallest absolute Gasteiger partial charge is 0.0958 e. The fourth-order valence-corrected chi connectivity index (χ4v) is 4.02. The first-order valence-corrected chi connectivity index (χ1v) is 7.86. The molecule has 16 heavy (non-hydrogen) atoms. The number of rotatable bonds is 3. The number of likely N-dealkylation sites (tertiary alicyclic amines) is 1. The minimum absolute atomic E-state index is 0.460. The molecular weight excluding hydrogens is 216 g/mol. The molecule has 1 saturated heterocycles. The maximum atomic E-state index is 8.04. The molecule has 0 radical (unpaired) electrons. The van der Waals surface area contributed by atoms with Gasteiger partial charge >= 0.3 is 0 Å². The van der Waals surface area contributed by atoms with E-state index in [-0.39, 0.29) is 0 Å². The zero-order valence-corrected chi connectivity index (χ0v) is 11.2. The summed E-state index contributed by atoms with van der Waals surface area (Å²) in [7, 11) is 0. The van der Waals surface area contributed by atoms with Crippen LogP contribution in [0.4, 0.5) is 0 Å². The van der Waals surface area contributed by atoms with Crippen LogP contribution in [0, 0.1) is 5.41 Å². The molecular formula is C13H24N2S. The maximum absolute atomic E-state index is 8.04. The Labute approximate surface area is 104 Å². The molecule has 0 aromatic heterocycles. The minimum Gasteiger partial charge on any atom is -0.359 e. The molecule has 1 saturated carbocycles. The predicted molar refractivity (Wildman–Crippen MR) is 72.5 cm³/mol. The van der Waals surface area contributed by atoms with Gasteiger partial charge in [-0.2, -0.15) is 11.8 Å². The Morgan fingerprint density at radius 1 is 1.19 bits per heavy atom. The van der Waals surface area contributed by atoms with E-state index in [9.17, 15) is 0 Å². The molecule has 0 aromatic carbocycles. The zero-order valence-electron chi connectivity index (χ0n) is 10.4. The van der Waals surface area contributed by atoms with Crippen LogP contribution < -0.4 is 0 Å². The SMILES string of the molecule is CSC1(CN2CCCCC2=N)CCCCC1. The fraction of sp³-hybridized carbons (Fsp3) is 0.923. The highest BCUT2D eigenvalue weighted by molar-refractivity contribution is 8.00. The Hall–Kier alpha value is -0.180.